The van der Waals surface area contributed by atoms with Crippen LogP contribution >= 0.6 is 0 Å². The summed E-state index contributed by atoms with van der Waals surface area (Å²) >= 11 is 0. The smallest absolute Gasteiger partial charge is 0.223 e. The number of para-hydroxylation sites is 1. The minimum absolute atomic E-state index is 0.136. The van der Waals surface area contributed by atoms with Crippen LogP contribution in [-0.2, 0) is 11.2 Å². The zero-order valence-corrected chi connectivity index (χ0v) is 12.4. The fourth-order valence-corrected chi connectivity index (χ4v) is 2.96. The van der Waals surface area contributed by atoms with Gasteiger partial charge in [-0.3, -0.25) is 4.79 Å². The highest BCUT2D eigenvalue weighted by molar-refractivity contribution is 5.79. The first kappa shape index (κ1) is 14.1. The summed E-state index contributed by atoms with van der Waals surface area (Å²) in [6, 6.07) is 6.22. The van der Waals surface area contributed by atoms with Crippen molar-refractivity contribution < 1.29 is 4.79 Å². The molecule has 3 N–H and O–H groups in total. The number of piperidine rings is 1. The summed E-state index contributed by atoms with van der Waals surface area (Å²) in [4.78, 5) is 22.0. The van der Waals surface area contributed by atoms with Crippen molar-refractivity contribution in [2.45, 2.75) is 38.6 Å². The number of carbonyl (C=O) groups is 1. The lowest BCUT2D eigenvalue weighted by Crippen LogP contribution is -2.45. The lowest BCUT2D eigenvalue weighted by Gasteiger charge is -2.30. The van der Waals surface area contributed by atoms with Gasteiger partial charge in [-0.1, -0.05) is 12.1 Å². The third-order valence-electron chi connectivity index (χ3n) is 4.15. The van der Waals surface area contributed by atoms with E-state index in [0.717, 1.165) is 41.8 Å². The van der Waals surface area contributed by atoms with Crippen LogP contribution in [0.1, 0.15) is 30.7 Å². The molecule has 0 bridgehead atoms. The lowest BCUT2D eigenvalue weighted by molar-refractivity contribution is -0.132. The number of fused-ring (bicyclic) bond motifs is 1. The van der Waals surface area contributed by atoms with Crippen LogP contribution in [0.25, 0.3) is 11.0 Å². The number of nitrogens with zero attached hydrogens (tertiary/aromatic N) is 2. The van der Waals surface area contributed by atoms with Gasteiger partial charge in [-0.05, 0) is 31.4 Å². The fourth-order valence-electron chi connectivity index (χ4n) is 2.96. The average molecular weight is 286 g/mol. The third kappa shape index (κ3) is 3.08. The molecule has 5 heteroatoms. The molecule has 3 rings (SSSR count). The van der Waals surface area contributed by atoms with Crippen molar-refractivity contribution in [3.63, 3.8) is 0 Å². The van der Waals surface area contributed by atoms with Gasteiger partial charge in [-0.2, -0.15) is 0 Å². The monoisotopic (exact) mass is 286 g/mol. The second-order valence-electron chi connectivity index (χ2n) is 5.90. The van der Waals surface area contributed by atoms with Crippen LogP contribution in [0.5, 0.6) is 0 Å². The number of hydrogen-bond donors (Lipinski definition) is 2. The summed E-state index contributed by atoms with van der Waals surface area (Å²) in [5.41, 5.74) is 9.12. The van der Waals surface area contributed by atoms with Gasteiger partial charge in [-0.15, -0.1) is 0 Å². The maximum atomic E-state index is 12.2. The largest absolute Gasteiger partial charge is 0.342 e. The molecule has 1 aromatic carbocycles. The first-order valence-electron chi connectivity index (χ1n) is 7.61. The van der Waals surface area contributed by atoms with Gasteiger partial charge in [0.05, 0.1) is 11.0 Å². The number of hydrogen-bond acceptors (Lipinski definition) is 3. The zero-order chi connectivity index (χ0) is 14.8. The Morgan fingerprint density at radius 3 is 3.14 bits per heavy atom. The first-order valence-corrected chi connectivity index (χ1v) is 7.61. The number of likely N-dealkylation sites (tertiary alicyclic amines) is 1. The van der Waals surface area contributed by atoms with E-state index in [0.29, 0.717) is 19.4 Å². The van der Waals surface area contributed by atoms with Crippen molar-refractivity contribution in [2.24, 2.45) is 5.73 Å². The van der Waals surface area contributed by atoms with Crippen molar-refractivity contribution in [3.8, 4) is 0 Å². The van der Waals surface area contributed by atoms with Crippen LogP contribution in [0.3, 0.4) is 0 Å². The van der Waals surface area contributed by atoms with Gasteiger partial charge in [0.2, 0.25) is 5.91 Å². The molecule has 1 fully saturated rings. The van der Waals surface area contributed by atoms with E-state index in [1.165, 1.54) is 0 Å². The highest BCUT2D eigenvalue weighted by Crippen LogP contribution is 2.17. The predicted octanol–water partition coefficient (Wildman–Crippen LogP) is 1.75. The molecule has 1 aliphatic rings. The van der Waals surface area contributed by atoms with Gasteiger partial charge in [0.25, 0.3) is 0 Å². The summed E-state index contributed by atoms with van der Waals surface area (Å²) in [6.07, 6.45) is 3.17. The van der Waals surface area contributed by atoms with E-state index in [4.69, 9.17) is 5.73 Å². The maximum Gasteiger partial charge on any atom is 0.223 e. The maximum absolute atomic E-state index is 12.2. The molecule has 112 valence electrons. The molecule has 1 aromatic heterocycles. The van der Waals surface area contributed by atoms with Gasteiger partial charge in [0.15, 0.2) is 0 Å². The van der Waals surface area contributed by atoms with Gasteiger partial charge in [-0.25, -0.2) is 4.98 Å². The molecule has 0 spiro atoms. The number of H-pyrrole nitrogens is 1. The van der Waals surface area contributed by atoms with E-state index in [-0.39, 0.29) is 11.9 Å². The van der Waals surface area contributed by atoms with Crippen LogP contribution in [0.2, 0.25) is 0 Å². The van der Waals surface area contributed by atoms with Gasteiger partial charge in [0, 0.05) is 32.0 Å². The van der Waals surface area contributed by atoms with Crippen molar-refractivity contribution in [1.82, 2.24) is 14.9 Å². The van der Waals surface area contributed by atoms with Crippen LogP contribution < -0.4 is 5.73 Å². The molecule has 0 saturated carbocycles. The minimum atomic E-state index is 0.136. The Labute approximate surface area is 124 Å². The van der Waals surface area contributed by atoms with Crippen LogP contribution in [-0.4, -0.2) is 39.9 Å². The molecule has 2 heterocycles. The van der Waals surface area contributed by atoms with E-state index in [9.17, 15) is 4.79 Å². The molecule has 0 unspecified atom stereocenters. The lowest BCUT2D eigenvalue weighted by atomic mass is 10.1. The Morgan fingerprint density at radius 1 is 1.52 bits per heavy atom. The Hall–Kier alpha value is -1.88. The SMILES string of the molecule is Cc1cccc2[nH]c(CCC(=O)N3CCC[C@H](N)C3)nc12. The zero-order valence-electron chi connectivity index (χ0n) is 12.4. The number of aromatic nitrogens is 2. The van der Waals surface area contributed by atoms with Gasteiger partial charge in [0.1, 0.15) is 5.82 Å². The number of benzene rings is 1. The Morgan fingerprint density at radius 2 is 2.38 bits per heavy atom. The summed E-state index contributed by atoms with van der Waals surface area (Å²) < 4.78 is 0. The molecule has 2 aromatic rings. The quantitative estimate of drug-likeness (QED) is 0.902. The standard InChI is InChI=1S/C16H22N4O/c1-11-4-2-6-13-16(11)19-14(18-13)7-8-15(21)20-9-3-5-12(17)10-20/h2,4,6,12H,3,5,7-10,17H2,1H3,(H,18,19)/t12-/m0/s1. The summed E-state index contributed by atoms with van der Waals surface area (Å²) in [5.74, 6) is 1.07. The van der Waals surface area contributed by atoms with E-state index in [1.807, 2.05) is 30.0 Å². The average Bonchev–Trinajstić information content (AvgIpc) is 2.89. The van der Waals surface area contributed by atoms with Crippen molar-refractivity contribution in [1.29, 1.82) is 0 Å². The van der Waals surface area contributed by atoms with E-state index in [1.54, 1.807) is 0 Å². The fraction of sp³-hybridized carbons (Fsp3) is 0.500. The number of rotatable bonds is 3. The molecular formula is C16H22N4O. The molecule has 21 heavy (non-hydrogen) atoms. The van der Waals surface area contributed by atoms with Crippen LogP contribution in [0, 0.1) is 6.92 Å². The van der Waals surface area contributed by atoms with Crippen molar-refractivity contribution in [3.05, 3.63) is 29.6 Å². The summed E-state index contributed by atoms with van der Waals surface area (Å²) in [7, 11) is 0. The topological polar surface area (TPSA) is 75.0 Å². The number of aryl methyl sites for hydroxylation is 2. The summed E-state index contributed by atoms with van der Waals surface area (Å²) in [5, 5.41) is 0. The van der Waals surface area contributed by atoms with Gasteiger partial charge >= 0.3 is 0 Å². The molecule has 1 aliphatic heterocycles. The van der Waals surface area contributed by atoms with Crippen LogP contribution in [0.4, 0.5) is 0 Å². The molecule has 0 radical (unpaired) electrons. The number of imidazole rings is 1. The minimum Gasteiger partial charge on any atom is -0.342 e. The number of nitrogens with one attached hydrogen (secondary N) is 1. The number of carbonyl (C=O) groups excluding carboxylic acids is 1. The summed E-state index contributed by atoms with van der Waals surface area (Å²) in [6.45, 7) is 3.58. The molecule has 1 atom stereocenters. The second-order valence-corrected chi connectivity index (χ2v) is 5.90. The van der Waals surface area contributed by atoms with Crippen LogP contribution in [0.15, 0.2) is 18.2 Å². The van der Waals surface area contributed by atoms with E-state index in [2.05, 4.69) is 9.97 Å². The third-order valence-corrected chi connectivity index (χ3v) is 4.15. The molecule has 1 amide bonds. The Balaban J connectivity index is 1.63. The Kier molecular flexibility index (Phi) is 3.92. The molecule has 0 aliphatic carbocycles. The molecule has 1 saturated heterocycles. The predicted molar refractivity (Wildman–Crippen MR) is 82.9 cm³/mol. The molecule has 5 nitrogen and oxygen atoms in total. The van der Waals surface area contributed by atoms with Crippen molar-refractivity contribution in [2.75, 3.05) is 13.1 Å². The first-order chi connectivity index (χ1) is 10.1. The highest BCUT2D eigenvalue weighted by Gasteiger charge is 2.21. The van der Waals surface area contributed by atoms with Gasteiger partial charge < -0.3 is 15.6 Å². The second kappa shape index (κ2) is 5.85. The number of nitrogens with two attached hydrogens (primary N) is 1. The Bertz CT molecular complexity index is 649. The van der Waals surface area contributed by atoms with Crippen molar-refractivity contribution >= 4 is 16.9 Å². The van der Waals surface area contributed by atoms with E-state index < -0.39 is 0 Å². The normalized spacial score (nSPS) is 19.1. The number of aromatic amines is 1. The van der Waals surface area contributed by atoms with E-state index >= 15 is 0 Å². The molecular weight excluding hydrogens is 264 g/mol. The highest BCUT2D eigenvalue weighted by atomic mass is 16.2. The number of amides is 1.